The molecule has 2 aliphatic heterocycles. The van der Waals surface area contributed by atoms with Crippen molar-refractivity contribution in [1.82, 2.24) is 0 Å². The van der Waals surface area contributed by atoms with Crippen LogP contribution in [0.4, 0.5) is 4.39 Å². The lowest BCUT2D eigenvalue weighted by atomic mass is 9.77. The molecule has 2 aliphatic rings. The van der Waals surface area contributed by atoms with Gasteiger partial charge >= 0.3 is 7.12 Å². The van der Waals surface area contributed by atoms with Gasteiger partial charge in [0.15, 0.2) is 0 Å². The second-order valence-electron chi connectivity index (χ2n) is 9.08. The largest absolute Gasteiger partial charge is 0.495 e. The van der Waals surface area contributed by atoms with Crippen LogP contribution in [0.1, 0.15) is 46.1 Å². The number of halogens is 1. The minimum Gasteiger partial charge on any atom is -0.490 e. The van der Waals surface area contributed by atoms with Gasteiger partial charge in [-0.15, -0.1) is 0 Å². The number of ether oxygens (including phenoxy) is 2. The molecule has 2 saturated heterocycles. The molecule has 2 aromatic rings. The molecule has 0 aromatic heterocycles. The van der Waals surface area contributed by atoms with E-state index in [2.05, 4.69) is 6.07 Å². The highest BCUT2D eigenvalue weighted by molar-refractivity contribution is 6.62. The van der Waals surface area contributed by atoms with E-state index in [1.165, 1.54) is 12.1 Å². The molecule has 5 nitrogen and oxygen atoms in total. The Balaban J connectivity index is 1.79. The molecule has 0 bridgehead atoms. The van der Waals surface area contributed by atoms with Gasteiger partial charge in [0.05, 0.1) is 36.0 Å². The summed E-state index contributed by atoms with van der Waals surface area (Å²) in [5.41, 5.74) is 1.53. The van der Waals surface area contributed by atoms with Crippen molar-refractivity contribution in [2.45, 2.75) is 57.8 Å². The molecule has 7 heteroatoms. The quantitative estimate of drug-likeness (QED) is 0.690. The molecule has 31 heavy (non-hydrogen) atoms. The van der Waals surface area contributed by atoms with Gasteiger partial charge in [0.1, 0.15) is 17.7 Å². The molecule has 0 atom stereocenters. The topological polar surface area (TPSA) is 60.7 Å². The third kappa shape index (κ3) is 4.34. The number of rotatable bonds is 4. The van der Waals surface area contributed by atoms with Gasteiger partial charge in [0.2, 0.25) is 0 Å². The fourth-order valence-electron chi connectivity index (χ4n) is 3.82. The van der Waals surface area contributed by atoms with Crippen LogP contribution in [0.15, 0.2) is 36.4 Å². The third-order valence-corrected chi connectivity index (χ3v) is 6.37. The van der Waals surface area contributed by atoms with Gasteiger partial charge in [-0.1, -0.05) is 12.1 Å². The van der Waals surface area contributed by atoms with E-state index in [1.807, 2.05) is 33.8 Å². The van der Waals surface area contributed by atoms with Crippen molar-refractivity contribution in [1.29, 1.82) is 5.26 Å². The smallest absolute Gasteiger partial charge is 0.490 e. The molecular formula is C24H27BFNO4. The molecular weight excluding hydrogens is 396 g/mol. The van der Waals surface area contributed by atoms with Crippen LogP contribution in [0.3, 0.4) is 0 Å². The SMILES string of the molecule is CC1(C)OB(c2cc(C#N)c(-c3ccc(F)cc3)c(OC3CCOCC3)c2)OC1(C)C. The maximum absolute atomic E-state index is 13.5. The summed E-state index contributed by atoms with van der Waals surface area (Å²) in [5, 5.41) is 9.96. The Hall–Kier alpha value is -2.40. The Morgan fingerprint density at radius 2 is 1.65 bits per heavy atom. The molecule has 2 heterocycles. The van der Waals surface area contributed by atoms with E-state index in [1.54, 1.807) is 18.2 Å². The lowest BCUT2D eigenvalue weighted by molar-refractivity contribution is 0.00578. The van der Waals surface area contributed by atoms with Gasteiger partial charge in [-0.25, -0.2) is 4.39 Å². The van der Waals surface area contributed by atoms with Crippen molar-refractivity contribution in [3.8, 4) is 22.9 Å². The van der Waals surface area contributed by atoms with E-state index in [4.69, 9.17) is 18.8 Å². The third-order valence-electron chi connectivity index (χ3n) is 6.37. The fraction of sp³-hybridized carbons (Fsp3) is 0.458. The van der Waals surface area contributed by atoms with Gasteiger partial charge in [-0.3, -0.25) is 0 Å². The van der Waals surface area contributed by atoms with Crippen LogP contribution in [-0.4, -0.2) is 37.6 Å². The Bertz CT molecular complexity index is 978. The summed E-state index contributed by atoms with van der Waals surface area (Å²) in [6.45, 7) is 9.24. The van der Waals surface area contributed by atoms with Crippen molar-refractivity contribution in [2.75, 3.05) is 13.2 Å². The Kier molecular flexibility index (Phi) is 5.82. The van der Waals surface area contributed by atoms with E-state index in [9.17, 15) is 9.65 Å². The van der Waals surface area contributed by atoms with Crippen molar-refractivity contribution >= 4 is 12.6 Å². The molecule has 0 unspecified atom stereocenters. The van der Waals surface area contributed by atoms with Gasteiger partial charge < -0.3 is 18.8 Å². The van der Waals surface area contributed by atoms with Crippen molar-refractivity contribution in [3.05, 3.63) is 47.8 Å². The summed E-state index contributed by atoms with van der Waals surface area (Å²) in [4.78, 5) is 0. The molecule has 2 aromatic carbocycles. The zero-order valence-corrected chi connectivity index (χ0v) is 18.4. The monoisotopic (exact) mass is 423 g/mol. The van der Waals surface area contributed by atoms with Crippen molar-refractivity contribution < 1.29 is 23.2 Å². The van der Waals surface area contributed by atoms with E-state index in [0.29, 0.717) is 30.1 Å². The standard InChI is InChI=1S/C24H27BFNO4/c1-23(2)24(3,4)31-25(30-23)18-13-17(15-27)22(16-5-7-19(26)8-6-16)21(14-18)29-20-9-11-28-12-10-20/h5-8,13-14,20H,9-12H2,1-4H3. The summed E-state index contributed by atoms with van der Waals surface area (Å²) >= 11 is 0. The lowest BCUT2D eigenvalue weighted by Crippen LogP contribution is -2.41. The van der Waals surface area contributed by atoms with E-state index in [-0.39, 0.29) is 11.9 Å². The molecule has 162 valence electrons. The first-order valence-corrected chi connectivity index (χ1v) is 10.6. The predicted octanol–water partition coefficient (Wildman–Crippen LogP) is 4.22. The predicted molar refractivity (Wildman–Crippen MR) is 117 cm³/mol. The van der Waals surface area contributed by atoms with Crippen molar-refractivity contribution in [3.63, 3.8) is 0 Å². The highest BCUT2D eigenvalue weighted by Crippen LogP contribution is 2.39. The molecule has 0 aliphatic carbocycles. The average Bonchev–Trinajstić information content (AvgIpc) is 2.96. The number of nitriles is 1. The fourth-order valence-corrected chi connectivity index (χ4v) is 3.82. The molecule has 0 saturated carbocycles. The highest BCUT2D eigenvalue weighted by atomic mass is 19.1. The Labute approximate surface area is 183 Å². The number of hydrogen-bond donors (Lipinski definition) is 0. The average molecular weight is 423 g/mol. The second-order valence-corrected chi connectivity index (χ2v) is 9.08. The van der Waals surface area contributed by atoms with Gasteiger partial charge in [0, 0.05) is 18.4 Å². The first-order chi connectivity index (χ1) is 14.7. The summed E-state index contributed by atoms with van der Waals surface area (Å²) in [6, 6.07) is 12.0. The zero-order valence-electron chi connectivity index (χ0n) is 18.4. The summed E-state index contributed by atoms with van der Waals surface area (Å²) < 4.78 is 37.8. The van der Waals surface area contributed by atoms with Gasteiger partial charge in [-0.05, 0) is 63.0 Å². The summed E-state index contributed by atoms with van der Waals surface area (Å²) in [7, 11) is -0.614. The minimum atomic E-state index is -0.614. The van der Waals surface area contributed by atoms with Crippen LogP contribution in [0, 0.1) is 17.1 Å². The second kappa shape index (κ2) is 8.27. The normalized spacial score (nSPS) is 20.5. The zero-order chi connectivity index (χ0) is 22.2. The number of nitrogens with zero attached hydrogens (tertiary/aromatic N) is 1. The Morgan fingerprint density at radius 1 is 1.03 bits per heavy atom. The molecule has 0 spiro atoms. The summed E-state index contributed by atoms with van der Waals surface area (Å²) in [6.07, 6.45) is 1.52. The highest BCUT2D eigenvalue weighted by Gasteiger charge is 2.52. The van der Waals surface area contributed by atoms with Gasteiger partial charge in [-0.2, -0.15) is 5.26 Å². The maximum Gasteiger partial charge on any atom is 0.495 e. The summed E-state index contributed by atoms with van der Waals surface area (Å²) in [5.74, 6) is 0.241. The first kappa shape index (κ1) is 21.8. The minimum absolute atomic E-state index is 0.0203. The van der Waals surface area contributed by atoms with Crippen LogP contribution >= 0.6 is 0 Å². The number of benzene rings is 2. The first-order valence-electron chi connectivity index (χ1n) is 10.6. The van der Waals surface area contributed by atoms with Crippen LogP contribution in [0.25, 0.3) is 11.1 Å². The van der Waals surface area contributed by atoms with Crippen LogP contribution in [0.5, 0.6) is 5.75 Å². The van der Waals surface area contributed by atoms with Gasteiger partial charge in [0.25, 0.3) is 0 Å². The van der Waals surface area contributed by atoms with Crippen LogP contribution < -0.4 is 10.2 Å². The molecule has 4 rings (SSSR count). The van der Waals surface area contributed by atoms with Crippen molar-refractivity contribution in [2.24, 2.45) is 0 Å². The van der Waals surface area contributed by atoms with E-state index >= 15 is 0 Å². The molecule has 2 fully saturated rings. The molecule has 0 amide bonds. The van der Waals surface area contributed by atoms with E-state index < -0.39 is 18.3 Å². The maximum atomic E-state index is 13.5. The molecule has 0 N–H and O–H groups in total. The van der Waals surface area contributed by atoms with Crippen LogP contribution in [-0.2, 0) is 14.0 Å². The molecule has 0 radical (unpaired) electrons. The van der Waals surface area contributed by atoms with Crippen LogP contribution in [0.2, 0.25) is 0 Å². The van der Waals surface area contributed by atoms with E-state index in [0.717, 1.165) is 23.9 Å². The number of hydrogen-bond acceptors (Lipinski definition) is 5. The lowest BCUT2D eigenvalue weighted by Gasteiger charge is -2.32. The Morgan fingerprint density at radius 3 is 2.23 bits per heavy atom.